The number of nitrogens with zero attached hydrogens (tertiary/aromatic N) is 2. The highest BCUT2D eigenvalue weighted by Gasteiger charge is 2.22. The number of esters is 1. The molecule has 0 bridgehead atoms. The number of rotatable bonds is 5. The average Bonchev–Trinajstić information content (AvgIpc) is 2.92. The van der Waals surface area contributed by atoms with E-state index in [1.165, 1.54) is 43.4 Å². The minimum Gasteiger partial charge on any atom is -0.461 e. The summed E-state index contributed by atoms with van der Waals surface area (Å²) in [6.45, 7) is 6.46. The maximum atomic E-state index is 12.4. The highest BCUT2D eigenvalue weighted by Crippen LogP contribution is 2.34. The van der Waals surface area contributed by atoms with Crippen LogP contribution >= 0.6 is 11.3 Å². The van der Waals surface area contributed by atoms with Crippen molar-refractivity contribution >= 4 is 33.3 Å². The fourth-order valence-corrected chi connectivity index (χ4v) is 4.17. The Balaban J connectivity index is 1.87. The van der Waals surface area contributed by atoms with E-state index in [0.717, 1.165) is 21.6 Å². The number of carbonyl (C=O) groups is 1. The van der Waals surface area contributed by atoms with Gasteiger partial charge in [0.2, 0.25) is 0 Å². The van der Waals surface area contributed by atoms with E-state index in [4.69, 9.17) is 4.74 Å². The maximum Gasteiger partial charge on any atom is 0.348 e. The Morgan fingerprint density at radius 3 is 2.79 bits per heavy atom. The molecule has 0 spiro atoms. The standard InChI is InChI=1S/C18H25N3O2S/c1-11(2)9-23-18(22)15-12(3)14-16(19-10-20-17(14)24-15)21-13-7-5-4-6-8-13/h10-11,13H,4-9H2,1-3H3,(H,19,20,21). The summed E-state index contributed by atoms with van der Waals surface area (Å²) in [6.07, 6.45) is 7.78. The zero-order valence-electron chi connectivity index (χ0n) is 14.6. The van der Waals surface area contributed by atoms with Gasteiger partial charge >= 0.3 is 5.97 Å². The summed E-state index contributed by atoms with van der Waals surface area (Å²) in [6, 6.07) is 0.465. The van der Waals surface area contributed by atoms with Gasteiger partial charge in [-0.25, -0.2) is 14.8 Å². The SMILES string of the molecule is Cc1c(C(=O)OCC(C)C)sc2ncnc(NC3CCCCC3)c12. The number of aryl methyl sites for hydroxylation is 1. The Morgan fingerprint density at radius 1 is 1.33 bits per heavy atom. The summed E-state index contributed by atoms with van der Waals surface area (Å²) >= 11 is 1.39. The van der Waals surface area contributed by atoms with Crippen molar-refractivity contribution in [1.82, 2.24) is 9.97 Å². The molecule has 6 heteroatoms. The first kappa shape index (κ1) is 17.1. The van der Waals surface area contributed by atoms with Crippen molar-refractivity contribution in [2.45, 2.75) is 58.9 Å². The van der Waals surface area contributed by atoms with Gasteiger partial charge in [-0.05, 0) is 31.2 Å². The summed E-state index contributed by atoms with van der Waals surface area (Å²) in [7, 11) is 0. The maximum absolute atomic E-state index is 12.4. The number of thiophene rings is 1. The molecule has 0 aromatic carbocycles. The first-order chi connectivity index (χ1) is 11.6. The molecule has 1 saturated carbocycles. The first-order valence-electron chi connectivity index (χ1n) is 8.74. The largest absolute Gasteiger partial charge is 0.461 e. The van der Waals surface area contributed by atoms with Crippen LogP contribution in [0, 0.1) is 12.8 Å². The second-order valence-corrected chi connectivity index (χ2v) is 7.93. The lowest BCUT2D eigenvalue weighted by molar-refractivity contribution is 0.0464. The summed E-state index contributed by atoms with van der Waals surface area (Å²) in [4.78, 5) is 22.6. The predicted octanol–water partition coefficient (Wildman–Crippen LogP) is 4.56. The second kappa shape index (κ2) is 7.47. The molecule has 2 aromatic rings. The first-order valence-corrected chi connectivity index (χ1v) is 9.55. The van der Waals surface area contributed by atoms with E-state index >= 15 is 0 Å². The number of carbonyl (C=O) groups excluding carboxylic acids is 1. The zero-order chi connectivity index (χ0) is 17.1. The van der Waals surface area contributed by atoms with Crippen LogP contribution in [0.1, 0.15) is 61.2 Å². The van der Waals surface area contributed by atoms with E-state index in [9.17, 15) is 4.79 Å². The summed E-state index contributed by atoms with van der Waals surface area (Å²) in [5.41, 5.74) is 0.919. The van der Waals surface area contributed by atoms with Gasteiger partial charge in [-0.1, -0.05) is 33.1 Å². The number of anilines is 1. The van der Waals surface area contributed by atoms with Crippen LogP contribution in [0.3, 0.4) is 0 Å². The second-order valence-electron chi connectivity index (χ2n) is 6.93. The number of ether oxygens (including phenoxy) is 1. The lowest BCUT2D eigenvalue weighted by atomic mass is 9.95. The van der Waals surface area contributed by atoms with Crippen LogP contribution in [0.25, 0.3) is 10.2 Å². The number of fused-ring (bicyclic) bond motifs is 1. The molecule has 0 saturated heterocycles. The van der Waals surface area contributed by atoms with Crippen LogP contribution in [0.4, 0.5) is 5.82 Å². The molecule has 130 valence electrons. The Labute approximate surface area is 146 Å². The Bertz CT molecular complexity index is 720. The molecule has 24 heavy (non-hydrogen) atoms. The van der Waals surface area contributed by atoms with Gasteiger partial charge in [-0.2, -0.15) is 0 Å². The monoisotopic (exact) mass is 347 g/mol. The van der Waals surface area contributed by atoms with E-state index in [2.05, 4.69) is 15.3 Å². The average molecular weight is 347 g/mol. The quantitative estimate of drug-likeness (QED) is 0.803. The molecular formula is C18H25N3O2S. The third-order valence-electron chi connectivity index (χ3n) is 4.41. The molecule has 0 radical (unpaired) electrons. The molecule has 1 N–H and O–H groups in total. The van der Waals surface area contributed by atoms with Crippen molar-refractivity contribution in [3.63, 3.8) is 0 Å². The van der Waals surface area contributed by atoms with Crippen molar-refractivity contribution in [2.24, 2.45) is 5.92 Å². The molecule has 3 rings (SSSR count). The topological polar surface area (TPSA) is 64.1 Å². The lowest BCUT2D eigenvalue weighted by Gasteiger charge is -2.23. The highest BCUT2D eigenvalue weighted by molar-refractivity contribution is 7.20. The van der Waals surface area contributed by atoms with Crippen LogP contribution in [0.5, 0.6) is 0 Å². The molecule has 2 aromatic heterocycles. The molecule has 5 nitrogen and oxygen atoms in total. The van der Waals surface area contributed by atoms with E-state index < -0.39 is 0 Å². The number of aromatic nitrogens is 2. The third-order valence-corrected chi connectivity index (χ3v) is 5.59. The molecule has 1 aliphatic carbocycles. The number of hydrogen-bond donors (Lipinski definition) is 1. The van der Waals surface area contributed by atoms with Crippen LogP contribution in [-0.2, 0) is 4.74 Å². The van der Waals surface area contributed by atoms with Gasteiger partial charge in [-0.15, -0.1) is 11.3 Å². The molecule has 1 aliphatic rings. The van der Waals surface area contributed by atoms with E-state index in [0.29, 0.717) is 23.4 Å². The number of hydrogen-bond acceptors (Lipinski definition) is 6. The Kier molecular flexibility index (Phi) is 5.33. The molecule has 0 amide bonds. The number of nitrogens with one attached hydrogen (secondary N) is 1. The highest BCUT2D eigenvalue weighted by atomic mass is 32.1. The van der Waals surface area contributed by atoms with Gasteiger partial charge < -0.3 is 10.1 Å². The minimum absolute atomic E-state index is 0.257. The fourth-order valence-electron chi connectivity index (χ4n) is 3.12. The fraction of sp³-hybridized carbons (Fsp3) is 0.611. The van der Waals surface area contributed by atoms with E-state index in [1.54, 1.807) is 6.33 Å². The molecule has 0 atom stereocenters. The van der Waals surface area contributed by atoms with Crippen LogP contribution in [0.2, 0.25) is 0 Å². The summed E-state index contributed by atoms with van der Waals surface area (Å²) < 4.78 is 5.39. The van der Waals surface area contributed by atoms with Crippen molar-refractivity contribution < 1.29 is 9.53 Å². The van der Waals surface area contributed by atoms with Crippen molar-refractivity contribution in [2.75, 3.05) is 11.9 Å². The molecule has 0 unspecified atom stereocenters. The normalized spacial score (nSPS) is 15.8. The van der Waals surface area contributed by atoms with Crippen LogP contribution in [0.15, 0.2) is 6.33 Å². The van der Waals surface area contributed by atoms with E-state index in [-0.39, 0.29) is 5.97 Å². The Morgan fingerprint density at radius 2 is 2.08 bits per heavy atom. The van der Waals surface area contributed by atoms with Crippen LogP contribution < -0.4 is 5.32 Å². The van der Waals surface area contributed by atoms with Gasteiger partial charge in [-0.3, -0.25) is 0 Å². The van der Waals surface area contributed by atoms with Crippen molar-refractivity contribution in [1.29, 1.82) is 0 Å². The van der Waals surface area contributed by atoms with Gasteiger partial charge in [0.15, 0.2) is 0 Å². The van der Waals surface area contributed by atoms with Gasteiger partial charge in [0.05, 0.1) is 12.0 Å². The molecule has 2 heterocycles. The lowest BCUT2D eigenvalue weighted by Crippen LogP contribution is -2.23. The van der Waals surface area contributed by atoms with Crippen molar-refractivity contribution in [3.05, 3.63) is 16.8 Å². The van der Waals surface area contributed by atoms with Crippen molar-refractivity contribution in [3.8, 4) is 0 Å². The Hall–Kier alpha value is -1.69. The smallest absolute Gasteiger partial charge is 0.348 e. The van der Waals surface area contributed by atoms with Gasteiger partial charge in [0.25, 0.3) is 0 Å². The third kappa shape index (κ3) is 3.69. The summed E-state index contributed by atoms with van der Waals surface area (Å²) in [5, 5.41) is 4.53. The molecular weight excluding hydrogens is 322 g/mol. The van der Waals surface area contributed by atoms with Crippen LogP contribution in [-0.4, -0.2) is 28.6 Å². The van der Waals surface area contributed by atoms with Gasteiger partial charge in [0.1, 0.15) is 21.9 Å². The minimum atomic E-state index is -0.257. The van der Waals surface area contributed by atoms with E-state index in [1.807, 2.05) is 20.8 Å². The molecule has 0 aliphatic heterocycles. The predicted molar refractivity (Wildman–Crippen MR) is 97.8 cm³/mol. The van der Waals surface area contributed by atoms with Gasteiger partial charge in [0, 0.05) is 6.04 Å². The molecule has 1 fully saturated rings. The zero-order valence-corrected chi connectivity index (χ0v) is 15.4. The summed E-state index contributed by atoms with van der Waals surface area (Å²) in [5.74, 6) is 0.920.